The van der Waals surface area contributed by atoms with E-state index in [1.807, 2.05) is 11.9 Å². The van der Waals surface area contributed by atoms with Gasteiger partial charge in [-0.05, 0) is 60.3 Å². The largest absolute Gasteiger partial charge is 0.344 e. The number of likely N-dealkylation sites (tertiary alicyclic amines) is 1. The maximum absolute atomic E-state index is 12.4. The molecule has 106 valence electrons. The van der Waals surface area contributed by atoms with Crippen LogP contribution < -0.4 is 0 Å². The standard InChI is InChI=1S/C14H29N3O/c1-12(2)17-11-6-8-13(17)14(18)16(5)10-7-9-15(3)4/h12-13H,6-11H2,1-5H3/t13-/m1/s1. The quantitative estimate of drug-likeness (QED) is 0.715. The third-order valence-corrected chi connectivity index (χ3v) is 3.72. The minimum atomic E-state index is 0.120. The fraction of sp³-hybridized carbons (Fsp3) is 0.929. The van der Waals surface area contributed by atoms with Crippen molar-refractivity contribution in [1.82, 2.24) is 14.7 Å². The van der Waals surface area contributed by atoms with E-state index in [9.17, 15) is 4.79 Å². The Kier molecular flexibility index (Phi) is 6.09. The number of nitrogens with zero attached hydrogens (tertiary/aromatic N) is 3. The van der Waals surface area contributed by atoms with Gasteiger partial charge < -0.3 is 9.80 Å². The van der Waals surface area contributed by atoms with Gasteiger partial charge in [0.05, 0.1) is 6.04 Å². The number of hydrogen-bond acceptors (Lipinski definition) is 3. The maximum atomic E-state index is 12.4. The lowest BCUT2D eigenvalue weighted by Gasteiger charge is -2.30. The van der Waals surface area contributed by atoms with Gasteiger partial charge in [0, 0.05) is 19.6 Å². The molecule has 0 N–H and O–H groups in total. The average Bonchev–Trinajstić information content (AvgIpc) is 2.76. The van der Waals surface area contributed by atoms with Gasteiger partial charge in [-0.2, -0.15) is 0 Å². The van der Waals surface area contributed by atoms with E-state index in [1.165, 1.54) is 0 Å². The van der Waals surface area contributed by atoms with Crippen LogP contribution in [0, 0.1) is 0 Å². The highest BCUT2D eigenvalue weighted by Gasteiger charge is 2.33. The molecule has 0 bridgehead atoms. The molecule has 0 unspecified atom stereocenters. The molecule has 0 radical (unpaired) electrons. The van der Waals surface area contributed by atoms with E-state index in [0.29, 0.717) is 11.9 Å². The molecule has 18 heavy (non-hydrogen) atoms. The Morgan fingerprint density at radius 3 is 2.50 bits per heavy atom. The molecule has 1 saturated heterocycles. The first kappa shape index (κ1) is 15.4. The van der Waals surface area contributed by atoms with Crippen molar-refractivity contribution in [1.29, 1.82) is 0 Å². The Bertz CT molecular complexity index is 266. The lowest BCUT2D eigenvalue weighted by atomic mass is 10.1. The van der Waals surface area contributed by atoms with Crippen LogP contribution >= 0.6 is 0 Å². The van der Waals surface area contributed by atoms with Crippen molar-refractivity contribution in [2.45, 2.75) is 45.2 Å². The van der Waals surface area contributed by atoms with Crippen LogP contribution in [-0.4, -0.2) is 73.5 Å². The van der Waals surface area contributed by atoms with Crippen molar-refractivity contribution in [3.63, 3.8) is 0 Å². The van der Waals surface area contributed by atoms with Crippen LogP contribution in [0.4, 0.5) is 0 Å². The van der Waals surface area contributed by atoms with Gasteiger partial charge >= 0.3 is 0 Å². The molecular weight excluding hydrogens is 226 g/mol. The third kappa shape index (κ3) is 4.25. The fourth-order valence-corrected chi connectivity index (χ4v) is 2.66. The SMILES string of the molecule is CC(C)N1CCC[C@@H]1C(=O)N(C)CCCN(C)C. The molecule has 1 fully saturated rings. The zero-order valence-electron chi connectivity index (χ0n) is 12.6. The Morgan fingerprint density at radius 1 is 1.28 bits per heavy atom. The highest BCUT2D eigenvalue weighted by molar-refractivity contribution is 5.82. The Balaban J connectivity index is 2.42. The number of carbonyl (C=O) groups is 1. The molecule has 1 aliphatic heterocycles. The van der Waals surface area contributed by atoms with Gasteiger partial charge in [0.25, 0.3) is 0 Å². The summed E-state index contributed by atoms with van der Waals surface area (Å²) in [6.45, 7) is 7.32. The van der Waals surface area contributed by atoms with Crippen LogP contribution in [0.5, 0.6) is 0 Å². The fourth-order valence-electron chi connectivity index (χ4n) is 2.66. The lowest BCUT2D eigenvalue weighted by molar-refractivity contribution is -0.135. The van der Waals surface area contributed by atoms with Gasteiger partial charge in [0.1, 0.15) is 0 Å². The van der Waals surface area contributed by atoms with Crippen LogP contribution in [0.15, 0.2) is 0 Å². The van der Waals surface area contributed by atoms with Crippen molar-refractivity contribution in [2.24, 2.45) is 0 Å². The van der Waals surface area contributed by atoms with Crippen molar-refractivity contribution in [3.8, 4) is 0 Å². The molecule has 4 nitrogen and oxygen atoms in total. The smallest absolute Gasteiger partial charge is 0.239 e. The van der Waals surface area contributed by atoms with Gasteiger partial charge in [-0.25, -0.2) is 0 Å². The van der Waals surface area contributed by atoms with Crippen LogP contribution in [-0.2, 0) is 4.79 Å². The molecule has 0 spiro atoms. The predicted octanol–water partition coefficient (Wildman–Crippen LogP) is 1.27. The van der Waals surface area contributed by atoms with E-state index in [2.05, 4.69) is 37.7 Å². The molecule has 0 aromatic heterocycles. The maximum Gasteiger partial charge on any atom is 0.239 e. The van der Waals surface area contributed by atoms with E-state index >= 15 is 0 Å². The summed E-state index contributed by atoms with van der Waals surface area (Å²) < 4.78 is 0. The van der Waals surface area contributed by atoms with Crippen molar-refractivity contribution in [2.75, 3.05) is 40.8 Å². The summed E-state index contributed by atoms with van der Waals surface area (Å²) in [5.74, 6) is 0.306. The highest BCUT2D eigenvalue weighted by Crippen LogP contribution is 2.21. The van der Waals surface area contributed by atoms with Gasteiger partial charge in [0.15, 0.2) is 0 Å². The lowest BCUT2D eigenvalue weighted by Crippen LogP contribution is -2.47. The molecule has 0 saturated carbocycles. The molecule has 1 aliphatic rings. The summed E-state index contributed by atoms with van der Waals surface area (Å²) in [5, 5.41) is 0. The normalized spacial score (nSPS) is 20.9. The van der Waals surface area contributed by atoms with E-state index in [4.69, 9.17) is 0 Å². The minimum Gasteiger partial charge on any atom is -0.344 e. The molecule has 1 rings (SSSR count). The van der Waals surface area contributed by atoms with Crippen molar-refractivity contribution >= 4 is 5.91 Å². The number of amides is 1. The molecule has 0 aromatic carbocycles. The van der Waals surface area contributed by atoms with E-state index < -0.39 is 0 Å². The Morgan fingerprint density at radius 2 is 1.94 bits per heavy atom. The second kappa shape index (κ2) is 7.10. The van der Waals surface area contributed by atoms with Gasteiger partial charge in [-0.3, -0.25) is 9.69 Å². The third-order valence-electron chi connectivity index (χ3n) is 3.72. The number of likely N-dealkylation sites (N-methyl/N-ethyl adjacent to an activating group) is 1. The molecule has 4 heteroatoms. The number of carbonyl (C=O) groups excluding carboxylic acids is 1. The zero-order chi connectivity index (χ0) is 13.7. The van der Waals surface area contributed by atoms with Crippen molar-refractivity contribution in [3.05, 3.63) is 0 Å². The molecule has 1 heterocycles. The average molecular weight is 255 g/mol. The summed E-state index contributed by atoms with van der Waals surface area (Å²) in [7, 11) is 6.08. The first-order valence-electron chi connectivity index (χ1n) is 7.09. The van der Waals surface area contributed by atoms with Gasteiger partial charge in [-0.15, -0.1) is 0 Å². The first-order chi connectivity index (χ1) is 8.43. The van der Waals surface area contributed by atoms with Crippen molar-refractivity contribution < 1.29 is 4.79 Å². The Hall–Kier alpha value is -0.610. The molecule has 1 amide bonds. The summed E-state index contributed by atoms with van der Waals surface area (Å²) in [4.78, 5) is 18.8. The van der Waals surface area contributed by atoms with E-state index in [0.717, 1.165) is 38.9 Å². The molecule has 1 atom stereocenters. The zero-order valence-corrected chi connectivity index (χ0v) is 12.6. The topological polar surface area (TPSA) is 26.8 Å². The van der Waals surface area contributed by atoms with Crippen LogP contribution in [0.3, 0.4) is 0 Å². The van der Waals surface area contributed by atoms with Crippen LogP contribution in [0.1, 0.15) is 33.1 Å². The minimum absolute atomic E-state index is 0.120. The summed E-state index contributed by atoms with van der Waals surface area (Å²) in [6.07, 6.45) is 3.22. The molecule has 0 aliphatic carbocycles. The summed E-state index contributed by atoms with van der Waals surface area (Å²) >= 11 is 0. The highest BCUT2D eigenvalue weighted by atomic mass is 16.2. The second-order valence-electron chi connectivity index (χ2n) is 5.91. The first-order valence-corrected chi connectivity index (χ1v) is 7.09. The number of rotatable bonds is 6. The van der Waals surface area contributed by atoms with E-state index in [-0.39, 0.29) is 6.04 Å². The van der Waals surface area contributed by atoms with E-state index in [1.54, 1.807) is 0 Å². The van der Waals surface area contributed by atoms with Crippen LogP contribution in [0.25, 0.3) is 0 Å². The molecular formula is C14H29N3O. The summed E-state index contributed by atoms with van der Waals surface area (Å²) in [5.41, 5.74) is 0. The molecule has 0 aromatic rings. The van der Waals surface area contributed by atoms with Gasteiger partial charge in [0.2, 0.25) is 5.91 Å². The second-order valence-corrected chi connectivity index (χ2v) is 5.91. The van der Waals surface area contributed by atoms with Gasteiger partial charge in [-0.1, -0.05) is 0 Å². The Labute approximate surface area is 112 Å². The number of hydrogen-bond donors (Lipinski definition) is 0. The van der Waals surface area contributed by atoms with Crippen LogP contribution in [0.2, 0.25) is 0 Å². The predicted molar refractivity (Wildman–Crippen MR) is 75.7 cm³/mol. The summed E-state index contributed by atoms with van der Waals surface area (Å²) in [6, 6.07) is 0.589. The monoisotopic (exact) mass is 255 g/mol.